The molecule has 0 bridgehead atoms. The van der Waals surface area contributed by atoms with E-state index < -0.39 is 5.82 Å². The molecule has 1 aromatic carbocycles. The second-order valence-corrected chi connectivity index (χ2v) is 3.76. The summed E-state index contributed by atoms with van der Waals surface area (Å²) in [5, 5.41) is 9.01. The van der Waals surface area contributed by atoms with Crippen molar-refractivity contribution in [3.8, 4) is 5.75 Å². The number of rotatable bonds is 6. The molecule has 0 saturated carbocycles. The molecule has 17 heavy (non-hydrogen) atoms. The lowest BCUT2D eigenvalue weighted by Crippen LogP contribution is -2.28. The molecule has 0 atom stereocenters. The first-order chi connectivity index (χ1) is 8.13. The number of nitrogens with two attached hydrogens (primary N) is 1. The highest BCUT2D eigenvalue weighted by molar-refractivity contribution is 5.70. The van der Waals surface area contributed by atoms with Gasteiger partial charge in [0, 0.05) is 25.2 Å². The fourth-order valence-corrected chi connectivity index (χ4v) is 1.73. The lowest BCUT2D eigenvalue weighted by Gasteiger charge is -2.25. The minimum absolute atomic E-state index is 0.0269. The molecular formula is C12H19FN2O2. The Morgan fingerprint density at radius 1 is 1.41 bits per heavy atom. The van der Waals surface area contributed by atoms with Crippen LogP contribution in [-0.2, 0) is 0 Å². The molecule has 1 aromatic rings. The summed E-state index contributed by atoms with van der Waals surface area (Å²) >= 11 is 0. The Morgan fingerprint density at radius 3 is 2.65 bits per heavy atom. The van der Waals surface area contributed by atoms with Gasteiger partial charge in [-0.05, 0) is 6.42 Å². The van der Waals surface area contributed by atoms with Gasteiger partial charge in [-0.25, -0.2) is 4.39 Å². The topological polar surface area (TPSA) is 58.7 Å². The van der Waals surface area contributed by atoms with Crippen molar-refractivity contribution in [1.29, 1.82) is 0 Å². The molecule has 1 rings (SSSR count). The summed E-state index contributed by atoms with van der Waals surface area (Å²) in [5.74, 6) is -0.317. The average Bonchev–Trinajstić information content (AvgIpc) is 2.29. The van der Waals surface area contributed by atoms with E-state index in [4.69, 9.17) is 15.6 Å². The number of hydrogen-bond acceptors (Lipinski definition) is 4. The van der Waals surface area contributed by atoms with Gasteiger partial charge in [-0.2, -0.15) is 0 Å². The van der Waals surface area contributed by atoms with Gasteiger partial charge in [0.15, 0.2) is 11.6 Å². The third-order valence-electron chi connectivity index (χ3n) is 2.51. The lowest BCUT2D eigenvalue weighted by molar-refractivity contribution is 0.302. The SMILES string of the molecule is CCCN(CCO)c1cc(OC)c(F)cc1N. The quantitative estimate of drug-likeness (QED) is 0.744. The van der Waals surface area contributed by atoms with Crippen LogP contribution in [0.1, 0.15) is 13.3 Å². The summed E-state index contributed by atoms with van der Waals surface area (Å²) in [5.41, 5.74) is 6.83. The maximum Gasteiger partial charge on any atom is 0.167 e. The second-order valence-electron chi connectivity index (χ2n) is 3.76. The molecular weight excluding hydrogens is 223 g/mol. The van der Waals surface area contributed by atoms with E-state index in [9.17, 15) is 4.39 Å². The second kappa shape index (κ2) is 6.30. The third-order valence-corrected chi connectivity index (χ3v) is 2.51. The maximum atomic E-state index is 13.4. The molecule has 4 nitrogen and oxygen atoms in total. The van der Waals surface area contributed by atoms with Crippen molar-refractivity contribution in [2.24, 2.45) is 0 Å². The fourth-order valence-electron chi connectivity index (χ4n) is 1.73. The third kappa shape index (κ3) is 3.23. The zero-order valence-corrected chi connectivity index (χ0v) is 10.2. The van der Waals surface area contributed by atoms with Gasteiger partial charge in [-0.3, -0.25) is 0 Å². The molecule has 0 heterocycles. The van der Waals surface area contributed by atoms with Crippen LogP contribution in [0, 0.1) is 5.82 Å². The van der Waals surface area contributed by atoms with Crippen LogP contribution in [-0.4, -0.2) is 31.9 Å². The Balaban J connectivity index is 3.08. The number of aliphatic hydroxyl groups is 1. The van der Waals surface area contributed by atoms with E-state index in [1.54, 1.807) is 6.07 Å². The minimum atomic E-state index is -0.478. The molecule has 0 aliphatic rings. The Labute approximate surface area is 101 Å². The first-order valence-electron chi connectivity index (χ1n) is 5.62. The van der Waals surface area contributed by atoms with E-state index in [1.165, 1.54) is 13.2 Å². The van der Waals surface area contributed by atoms with E-state index in [1.807, 2.05) is 11.8 Å². The number of nitrogens with zero attached hydrogens (tertiary/aromatic N) is 1. The van der Waals surface area contributed by atoms with Gasteiger partial charge >= 0.3 is 0 Å². The van der Waals surface area contributed by atoms with Gasteiger partial charge in [-0.15, -0.1) is 0 Å². The molecule has 0 aliphatic carbocycles. The predicted octanol–water partition coefficient (Wildman–Crippen LogP) is 1.63. The molecule has 0 unspecified atom stereocenters. The smallest absolute Gasteiger partial charge is 0.167 e. The summed E-state index contributed by atoms with van der Waals surface area (Å²) < 4.78 is 18.3. The Bertz CT molecular complexity index is 366. The molecule has 0 amide bonds. The van der Waals surface area contributed by atoms with Crippen molar-refractivity contribution in [3.05, 3.63) is 17.9 Å². The van der Waals surface area contributed by atoms with Gasteiger partial charge < -0.3 is 20.5 Å². The molecule has 96 valence electrons. The van der Waals surface area contributed by atoms with Crippen LogP contribution >= 0.6 is 0 Å². The Morgan fingerprint density at radius 2 is 2.12 bits per heavy atom. The van der Waals surface area contributed by atoms with E-state index >= 15 is 0 Å². The molecule has 0 saturated heterocycles. The van der Waals surface area contributed by atoms with Crippen LogP contribution in [0.2, 0.25) is 0 Å². The summed E-state index contributed by atoms with van der Waals surface area (Å²) in [6.45, 7) is 3.27. The summed E-state index contributed by atoms with van der Waals surface area (Å²) in [4.78, 5) is 1.91. The van der Waals surface area contributed by atoms with Crippen LogP contribution in [0.15, 0.2) is 12.1 Å². The first-order valence-corrected chi connectivity index (χ1v) is 5.62. The fraction of sp³-hybridized carbons (Fsp3) is 0.500. The average molecular weight is 242 g/mol. The van der Waals surface area contributed by atoms with Crippen molar-refractivity contribution in [2.45, 2.75) is 13.3 Å². The molecule has 0 radical (unpaired) electrons. The van der Waals surface area contributed by atoms with Gasteiger partial charge in [0.2, 0.25) is 0 Å². The first kappa shape index (κ1) is 13.6. The predicted molar refractivity (Wildman–Crippen MR) is 67.0 cm³/mol. The number of aliphatic hydroxyl groups excluding tert-OH is 1. The lowest BCUT2D eigenvalue weighted by atomic mass is 10.2. The molecule has 0 aromatic heterocycles. The van der Waals surface area contributed by atoms with Gasteiger partial charge in [-0.1, -0.05) is 6.92 Å². The van der Waals surface area contributed by atoms with Crippen LogP contribution in [0.25, 0.3) is 0 Å². The minimum Gasteiger partial charge on any atom is -0.494 e. The summed E-state index contributed by atoms with van der Waals surface area (Å²) in [6, 6.07) is 2.81. The molecule has 3 N–H and O–H groups in total. The monoisotopic (exact) mass is 242 g/mol. The standard InChI is InChI=1S/C12H19FN2O2/c1-3-4-15(5-6-16)11-8-12(17-2)9(13)7-10(11)14/h7-8,16H,3-6,14H2,1-2H3. The number of ether oxygens (including phenoxy) is 1. The number of methoxy groups -OCH3 is 1. The summed E-state index contributed by atoms with van der Waals surface area (Å²) in [6.07, 6.45) is 0.916. The highest BCUT2D eigenvalue weighted by Crippen LogP contribution is 2.30. The van der Waals surface area contributed by atoms with Crippen molar-refractivity contribution in [2.75, 3.05) is 37.4 Å². The Hall–Kier alpha value is -1.49. The number of anilines is 2. The van der Waals surface area contributed by atoms with Gasteiger partial charge in [0.05, 0.1) is 25.1 Å². The molecule has 0 fully saturated rings. The normalized spacial score (nSPS) is 10.4. The van der Waals surface area contributed by atoms with Crippen molar-refractivity contribution in [1.82, 2.24) is 0 Å². The zero-order chi connectivity index (χ0) is 12.8. The Kier molecular flexibility index (Phi) is 5.03. The molecule has 5 heteroatoms. The van der Waals surface area contributed by atoms with E-state index in [0.717, 1.165) is 13.0 Å². The highest BCUT2D eigenvalue weighted by Gasteiger charge is 2.13. The highest BCUT2D eigenvalue weighted by atomic mass is 19.1. The van der Waals surface area contributed by atoms with Gasteiger partial charge in [0.1, 0.15) is 0 Å². The molecule has 0 aliphatic heterocycles. The van der Waals surface area contributed by atoms with Crippen LogP contribution in [0.3, 0.4) is 0 Å². The largest absolute Gasteiger partial charge is 0.494 e. The van der Waals surface area contributed by atoms with Crippen molar-refractivity contribution >= 4 is 11.4 Å². The zero-order valence-electron chi connectivity index (χ0n) is 10.2. The molecule has 0 spiro atoms. The van der Waals surface area contributed by atoms with E-state index in [0.29, 0.717) is 17.9 Å². The van der Waals surface area contributed by atoms with E-state index in [2.05, 4.69) is 0 Å². The maximum absolute atomic E-state index is 13.4. The van der Waals surface area contributed by atoms with Gasteiger partial charge in [0.25, 0.3) is 0 Å². The van der Waals surface area contributed by atoms with Crippen molar-refractivity contribution < 1.29 is 14.2 Å². The summed E-state index contributed by atoms with van der Waals surface area (Å²) in [7, 11) is 1.41. The van der Waals surface area contributed by atoms with Crippen molar-refractivity contribution in [3.63, 3.8) is 0 Å². The number of hydrogen-bond donors (Lipinski definition) is 2. The van der Waals surface area contributed by atoms with Crippen LogP contribution in [0.4, 0.5) is 15.8 Å². The number of benzene rings is 1. The van der Waals surface area contributed by atoms with Crippen LogP contribution < -0.4 is 15.4 Å². The van der Waals surface area contributed by atoms with Crippen LogP contribution in [0.5, 0.6) is 5.75 Å². The number of nitrogen functional groups attached to an aromatic ring is 1. The number of halogens is 1. The van der Waals surface area contributed by atoms with E-state index in [-0.39, 0.29) is 12.4 Å².